The van der Waals surface area contributed by atoms with E-state index in [1.807, 2.05) is 13.8 Å². The molecule has 1 aromatic heterocycles. The van der Waals surface area contributed by atoms with Gasteiger partial charge in [0.1, 0.15) is 0 Å². The van der Waals surface area contributed by atoms with Crippen LogP contribution in [-0.2, 0) is 0 Å². The molecule has 16 heavy (non-hydrogen) atoms. The molecule has 0 aromatic carbocycles. The van der Waals surface area contributed by atoms with E-state index in [0.717, 1.165) is 6.42 Å². The molecule has 0 radical (unpaired) electrons. The summed E-state index contributed by atoms with van der Waals surface area (Å²) in [5.74, 6) is 1.21. The van der Waals surface area contributed by atoms with Gasteiger partial charge < -0.3 is 9.88 Å². The average molecular weight is 221 g/mol. The Morgan fingerprint density at radius 1 is 1.62 bits per heavy atom. The van der Waals surface area contributed by atoms with Gasteiger partial charge in [-0.1, -0.05) is 13.3 Å². The zero-order valence-corrected chi connectivity index (χ0v) is 10.1. The quantitative estimate of drug-likeness (QED) is 0.846. The third kappa shape index (κ3) is 2.10. The number of hydrogen-bond acceptors (Lipinski definition) is 3. The average Bonchev–Trinajstić information content (AvgIpc) is 2.99. The summed E-state index contributed by atoms with van der Waals surface area (Å²) >= 11 is 0. The van der Waals surface area contributed by atoms with Crippen molar-refractivity contribution < 1.29 is 0 Å². The predicted molar refractivity (Wildman–Crippen MR) is 64.7 cm³/mol. The van der Waals surface area contributed by atoms with Crippen LogP contribution in [0.2, 0.25) is 0 Å². The van der Waals surface area contributed by atoms with E-state index >= 15 is 0 Å². The molecule has 4 nitrogen and oxygen atoms in total. The molecule has 0 spiro atoms. The summed E-state index contributed by atoms with van der Waals surface area (Å²) in [6, 6.07) is 0.630. The first-order valence-electron chi connectivity index (χ1n) is 5.97. The number of anilines is 1. The van der Waals surface area contributed by atoms with E-state index in [9.17, 15) is 4.79 Å². The molecule has 0 aliphatic heterocycles. The molecule has 4 heteroatoms. The molecule has 2 atom stereocenters. The molecule has 1 fully saturated rings. The number of rotatable bonds is 4. The van der Waals surface area contributed by atoms with Crippen LogP contribution in [0.25, 0.3) is 0 Å². The summed E-state index contributed by atoms with van der Waals surface area (Å²) in [5, 5.41) is 3.24. The van der Waals surface area contributed by atoms with Crippen LogP contribution in [0.4, 0.5) is 5.82 Å². The van der Waals surface area contributed by atoms with Crippen LogP contribution in [0.15, 0.2) is 17.2 Å². The Morgan fingerprint density at radius 3 is 2.94 bits per heavy atom. The second-order valence-corrected chi connectivity index (χ2v) is 4.74. The van der Waals surface area contributed by atoms with Crippen molar-refractivity contribution >= 4 is 5.82 Å². The smallest absolute Gasteiger partial charge is 0.293 e. The van der Waals surface area contributed by atoms with Crippen LogP contribution in [0, 0.1) is 5.92 Å². The lowest BCUT2D eigenvalue weighted by molar-refractivity contribution is 0.575. The maximum absolute atomic E-state index is 12.0. The molecule has 1 aliphatic rings. The van der Waals surface area contributed by atoms with Crippen LogP contribution in [0.3, 0.4) is 0 Å². The molecule has 0 bridgehead atoms. The van der Waals surface area contributed by atoms with Crippen molar-refractivity contribution in [3.63, 3.8) is 0 Å². The van der Waals surface area contributed by atoms with Crippen LogP contribution in [-0.4, -0.2) is 15.6 Å². The fourth-order valence-electron chi connectivity index (χ4n) is 1.98. The molecular weight excluding hydrogens is 202 g/mol. The normalized spacial score (nSPS) is 23.5. The summed E-state index contributed by atoms with van der Waals surface area (Å²) < 4.78 is 1.71. The highest BCUT2D eigenvalue weighted by Gasteiger charge is 2.35. The summed E-state index contributed by atoms with van der Waals surface area (Å²) in [6.45, 7) is 6.17. The van der Waals surface area contributed by atoms with Gasteiger partial charge in [-0.3, -0.25) is 4.79 Å². The fraction of sp³-hybridized carbons (Fsp3) is 0.667. The summed E-state index contributed by atoms with van der Waals surface area (Å²) in [4.78, 5) is 16.1. The lowest BCUT2D eigenvalue weighted by Gasteiger charge is -2.11. The third-order valence-electron chi connectivity index (χ3n) is 3.19. The minimum Gasteiger partial charge on any atom is -0.362 e. The molecule has 88 valence electrons. The summed E-state index contributed by atoms with van der Waals surface area (Å²) in [6.07, 6.45) is 5.76. The minimum absolute atomic E-state index is 0.0146. The second kappa shape index (κ2) is 4.28. The predicted octanol–water partition coefficient (Wildman–Crippen LogP) is 2.03. The van der Waals surface area contributed by atoms with Gasteiger partial charge in [-0.15, -0.1) is 0 Å². The van der Waals surface area contributed by atoms with Crippen molar-refractivity contribution in [3.05, 3.63) is 22.7 Å². The topological polar surface area (TPSA) is 46.9 Å². The zero-order valence-electron chi connectivity index (χ0n) is 10.1. The number of nitrogens with zero attached hydrogens (tertiary/aromatic N) is 2. The van der Waals surface area contributed by atoms with Crippen LogP contribution >= 0.6 is 0 Å². The van der Waals surface area contributed by atoms with Gasteiger partial charge in [-0.2, -0.15) is 0 Å². The van der Waals surface area contributed by atoms with E-state index in [1.165, 1.54) is 6.42 Å². The third-order valence-corrected chi connectivity index (χ3v) is 3.19. The van der Waals surface area contributed by atoms with Crippen molar-refractivity contribution in [1.29, 1.82) is 0 Å². The lowest BCUT2D eigenvalue weighted by Crippen LogP contribution is -2.26. The standard InChI is InChI=1S/C12H19N3O/c1-4-9-7-10(9)14-11-12(16)15(8(2)3)6-5-13-11/h5-6,8-10H,4,7H2,1-3H3,(H,13,14). The van der Waals surface area contributed by atoms with Crippen molar-refractivity contribution in [2.24, 2.45) is 5.92 Å². The van der Waals surface area contributed by atoms with Crippen molar-refractivity contribution in [3.8, 4) is 0 Å². The minimum atomic E-state index is -0.0146. The monoisotopic (exact) mass is 221 g/mol. The van der Waals surface area contributed by atoms with E-state index in [-0.39, 0.29) is 11.6 Å². The Balaban J connectivity index is 2.16. The molecule has 0 amide bonds. The first-order valence-corrected chi connectivity index (χ1v) is 5.97. The van der Waals surface area contributed by atoms with Crippen molar-refractivity contribution in [1.82, 2.24) is 9.55 Å². The zero-order chi connectivity index (χ0) is 11.7. The maximum Gasteiger partial charge on any atom is 0.293 e. The molecule has 1 aromatic rings. The Labute approximate surface area is 95.7 Å². The van der Waals surface area contributed by atoms with Crippen LogP contribution in [0.5, 0.6) is 0 Å². The highest BCUT2D eigenvalue weighted by atomic mass is 16.1. The molecule has 1 saturated carbocycles. The Bertz CT molecular complexity index is 425. The number of nitrogens with one attached hydrogen (secondary N) is 1. The van der Waals surface area contributed by atoms with Gasteiger partial charge in [0.05, 0.1) is 0 Å². The van der Waals surface area contributed by atoms with Gasteiger partial charge in [0.15, 0.2) is 5.82 Å². The Morgan fingerprint density at radius 2 is 2.38 bits per heavy atom. The van der Waals surface area contributed by atoms with Gasteiger partial charge >= 0.3 is 0 Å². The molecule has 2 unspecified atom stereocenters. The molecule has 1 heterocycles. The number of aromatic nitrogens is 2. The van der Waals surface area contributed by atoms with Crippen molar-refractivity contribution in [2.75, 3.05) is 5.32 Å². The van der Waals surface area contributed by atoms with Gasteiger partial charge in [-0.05, 0) is 26.2 Å². The maximum atomic E-state index is 12.0. The highest BCUT2D eigenvalue weighted by Crippen LogP contribution is 2.35. The summed E-state index contributed by atoms with van der Waals surface area (Å²) in [7, 11) is 0. The lowest BCUT2D eigenvalue weighted by atomic mass is 10.3. The van der Waals surface area contributed by atoms with E-state index < -0.39 is 0 Å². The van der Waals surface area contributed by atoms with E-state index in [2.05, 4.69) is 17.2 Å². The first-order chi connectivity index (χ1) is 7.63. The molecule has 1 aliphatic carbocycles. The van der Waals surface area contributed by atoms with Crippen LogP contribution in [0.1, 0.15) is 39.7 Å². The highest BCUT2D eigenvalue weighted by molar-refractivity contribution is 5.35. The molecule has 2 rings (SSSR count). The van der Waals surface area contributed by atoms with Gasteiger partial charge in [-0.25, -0.2) is 4.98 Å². The van der Waals surface area contributed by atoms with E-state index in [1.54, 1.807) is 17.0 Å². The summed E-state index contributed by atoms with van der Waals surface area (Å²) in [5.41, 5.74) is -0.0146. The Kier molecular flexibility index (Phi) is 2.99. The SMILES string of the molecule is CCC1CC1Nc1nccn(C(C)C)c1=O. The fourth-order valence-corrected chi connectivity index (χ4v) is 1.98. The Hall–Kier alpha value is -1.32. The molecule has 1 N–H and O–H groups in total. The van der Waals surface area contributed by atoms with Gasteiger partial charge in [0.25, 0.3) is 5.56 Å². The van der Waals surface area contributed by atoms with E-state index in [0.29, 0.717) is 17.8 Å². The van der Waals surface area contributed by atoms with E-state index in [4.69, 9.17) is 0 Å². The molecule has 0 saturated heterocycles. The number of hydrogen-bond donors (Lipinski definition) is 1. The van der Waals surface area contributed by atoms with Gasteiger partial charge in [0, 0.05) is 24.5 Å². The molecular formula is C12H19N3O. The van der Waals surface area contributed by atoms with Gasteiger partial charge in [0.2, 0.25) is 0 Å². The van der Waals surface area contributed by atoms with Crippen LogP contribution < -0.4 is 10.9 Å². The largest absolute Gasteiger partial charge is 0.362 e. The van der Waals surface area contributed by atoms with Crippen molar-refractivity contribution in [2.45, 2.75) is 45.7 Å². The second-order valence-electron chi connectivity index (χ2n) is 4.74. The first kappa shape index (κ1) is 11.2.